The molecule has 4 aliphatic rings. The van der Waals surface area contributed by atoms with Crippen molar-refractivity contribution in [3.8, 4) is 0 Å². The van der Waals surface area contributed by atoms with Gasteiger partial charge in [-0.15, -0.1) is 0 Å². The van der Waals surface area contributed by atoms with Crippen molar-refractivity contribution in [1.82, 2.24) is 4.72 Å². The summed E-state index contributed by atoms with van der Waals surface area (Å²) < 4.78 is 34.9. The van der Waals surface area contributed by atoms with Crippen molar-refractivity contribution in [1.29, 1.82) is 0 Å². The lowest BCUT2D eigenvalue weighted by molar-refractivity contribution is -0.0666. The Morgan fingerprint density at radius 1 is 0.868 bits per heavy atom. The number of esters is 1. The number of sulfonamides is 1. The molecular weight excluding hydrogens is 498 g/mol. The lowest BCUT2D eigenvalue weighted by Gasteiger charge is -2.59. The van der Waals surface area contributed by atoms with E-state index in [0.717, 1.165) is 47.8 Å². The van der Waals surface area contributed by atoms with E-state index in [1.54, 1.807) is 12.1 Å². The van der Waals surface area contributed by atoms with Gasteiger partial charge in [0.25, 0.3) is 0 Å². The van der Waals surface area contributed by atoms with Crippen LogP contribution in [0.1, 0.15) is 66.2 Å². The lowest BCUT2D eigenvalue weighted by Crippen LogP contribution is -2.55. The number of hydrogen-bond donors (Lipinski definition) is 1. The molecule has 0 heterocycles. The minimum atomic E-state index is -3.83. The Kier molecular flexibility index (Phi) is 6.39. The van der Waals surface area contributed by atoms with Crippen LogP contribution in [0.15, 0.2) is 71.6 Å². The van der Waals surface area contributed by atoms with Gasteiger partial charge in [0.15, 0.2) is 12.4 Å². The number of benzene rings is 3. The van der Waals surface area contributed by atoms with Gasteiger partial charge in [-0.05, 0) is 104 Å². The number of rotatable bonds is 8. The largest absolute Gasteiger partial charge is 0.454 e. The second-order valence-corrected chi connectivity index (χ2v) is 13.4. The second kappa shape index (κ2) is 9.62. The maximum Gasteiger partial charge on any atom is 0.338 e. The average molecular weight is 532 g/mol. The third-order valence-electron chi connectivity index (χ3n) is 9.12. The average Bonchev–Trinajstić information content (AvgIpc) is 2.90. The fraction of sp³-hybridized carbons (Fsp3) is 0.419. The SMILES string of the molecule is CC(NS(=O)(=O)c1cccc(C(=O)OCC(=O)c2ccc3ccccc3c2)c1)C12CC3CC(CC(C3)C1)C2. The molecule has 3 aromatic rings. The molecule has 0 radical (unpaired) electrons. The van der Waals surface area contributed by atoms with Crippen LogP contribution in [0.2, 0.25) is 0 Å². The van der Waals surface area contributed by atoms with Gasteiger partial charge in [-0.2, -0.15) is 0 Å². The van der Waals surface area contributed by atoms with Gasteiger partial charge in [0.05, 0.1) is 10.5 Å². The molecule has 38 heavy (non-hydrogen) atoms. The first-order valence-electron chi connectivity index (χ1n) is 13.5. The predicted molar refractivity (Wildman–Crippen MR) is 145 cm³/mol. The molecule has 0 spiro atoms. The number of fused-ring (bicyclic) bond motifs is 1. The molecule has 4 saturated carbocycles. The van der Waals surface area contributed by atoms with Crippen LogP contribution in [-0.4, -0.2) is 32.8 Å². The van der Waals surface area contributed by atoms with Gasteiger partial charge < -0.3 is 4.74 Å². The fourth-order valence-electron chi connectivity index (χ4n) is 7.58. The number of hydrogen-bond acceptors (Lipinski definition) is 5. The first-order chi connectivity index (χ1) is 18.2. The highest BCUT2D eigenvalue weighted by atomic mass is 32.2. The van der Waals surface area contributed by atoms with E-state index in [0.29, 0.717) is 5.56 Å². The van der Waals surface area contributed by atoms with Crippen molar-refractivity contribution < 1.29 is 22.7 Å². The number of ketones is 1. The van der Waals surface area contributed by atoms with Gasteiger partial charge in [-0.1, -0.05) is 42.5 Å². The minimum Gasteiger partial charge on any atom is -0.454 e. The Bertz CT molecular complexity index is 1480. The molecule has 4 fully saturated rings. The van der Waals surface area contributed by atoms with E-state index in [2.05, 4.69) is 4.72 Å². The number of ether oxygens (including phenoxy) is 1. The molecule has 0 saturated heterocycles. The van der Waals surface area contributed by atoms with Gasteiger partial charge in [-0.25, -0.2) is 17.9 Å². The van der Waals surface area contributed by atoms with Gasteiger partial charge in [0.1, 0.15) is 0 Å². The van der Waals surface area contributed by atoms with Crippen LogP contribution in [0, 0.1) is 23.2 Å². The van der Waals surface area contributed by atoms with Crippen molar-refractivity contribution in [2.45, 2.75) is 56.4 Å². The van der Waals surface area contributed by atoms with Gasteiger partial charge in [0.2, 0.25) is 10.0 Å². The summed E-state index contributed by atoms with van der Waals surface area (Å²) in [6.45, 7) is 1.58. The summed E-state index contributed by atoms with van der Waals surface area (Å²) >= 11 is 0. The smallest absolute Gasteiger partial charge is 0.338 e. The quantitative estimate of drug-likeness (QED) is 0.295. The second-order valence-electron chi connectivity index (χ2n) is 11.7. The lowest BCUT2D eigenvalue weighted by atomic mass is 9.48. The first-order valence-corrected chi connectivity index (χ1v) is 15.0. The summed E-state index contributed by atoms with van der Waals surface area (Å²) in [6.07, 6.45) is 7.19. The molecule has 0 aromatic heterocycles. The number of Topliss-reactive ketones (excluding diaryl/α,β-unsaturated/α-hetero) is 1. The van der Waals surface area contributed by atoms with E-state index in [9.17, 15) is 18.0 Å². The monoisotopic (exact) mass is 531 g/mol. The van der Waals surface area contributed by atoms with Gasteiger partial charge >= 0.3 is 5.97 Å². The van der Waals surface area contributed by atoms with E-state index in [4.69, 9.17) is 4.74 Å². The number of carbonyl (C=O) groups is 2. The van der Waals surface area contributed by atoms with E-state index in [-0.39, 0.29) is 27.7 Å². The summed E-state index contributed by atoms with van der Waals surface area (Å²) in [7, 11) is -3.83. The van der Waals surface area contributed by atoms with Crippen LogP contribution in [-0.2, 0) is 14.8 Å². The van der Waals surface area contributed by atoms with E-state index >= 15 is 0 Å². The molecule has 4 bridgehead atoms. The highest BCUT2D eigenvalue weighted by molar-refractivity contribution is 7.89. The van der Waals surface area contributed by atoms with Crippen LogP contribution in [0.4, 0.5) is 0 Å². The zero-order valence-electron chi connectivity index (χ0n) is 21.6. The summed E-state index contributed by atoms with van der Waals surface area (Å²) in [5.41, 5.74) is 0.582. The molecule has 0 aliphatic heterocycles. The summed E-state index contributed by atoms with van der Waals surface area (Å²) in [5.74, 6) is 1.13. The fourth-order valence-corrected chi connectivity index (χ4v) is 8.98. The summed E-state index contributed by atoms with van der Waals surface area (Å²) in [4.78, 5) is 25.4. The standard InChI is InChI=1S/C31H33NO5S/c1-20(31-16-21-11-22(17-31)13-23(12-21)18-31)32-38(35,36)28-8-4-7-27(15-28)30(34)37-19-29(33)26-10-9-24-5-2-3-6-25(24)14-26/h2-10,14-15,20-23,32H,11-13,16-19H2,1H3. The summed E-state index contributed by atoms with van der Waals surface area (Å²) in [5, 5.41) is 1.95. The molecule has 7 heteroatoms. The molecule has 1 N–H and O–H groups in total. The van der Waals surface area contributed by atoms with E-state index in [1.807, 2.05) is 37.3 Å². The molecule has 1 atom stereocenters. The molecule has 7 rings (SSSR count). The van der Waals surface area contributed by atoms with Crippen LogP contribution >= 0.6 is 0 Å². The predicted octanol–water partition coefficient (Wildman–Crippen LogP) is 5.76. The van der Waals surface area contributed by atoms with Gasteiger partial charge in [0, 0.05) is 11.6 Å². The minimum absolute atomic E-state index is 0.0293. The Balaban J connectivity index is 1.12. The van der Waals surface area contributed by atoms with Crippen LogP contribution in [0.3, 0.4) is 0 Å². The maximum absolute atomic E-state index is 13.4. The molecule has 4 aliphatic carbocycles. The molecule has 1 unspecified atom stereocenters. The number of nitrogens with one attached hydrogen (secondary N) is 1. The Morgan fingerprint density at radius 3 is 2.21 bits per heavy atom. The van der Waals surface area contributed by atoms with Crippen molar-refractivity contribution in [2.75, 3.05) is 6.61 Å². The highest BCUT2D eigenvalue weighted by Gasteiger charge is 2.53. The zero-order chi connectivity index (χ0) is 26.5. The van der Waals surface area contributed by atoms with E-state index in [1.165, 1.54) is 43.5 Å². The molecule has 198 valence electrons. The van der Waals surface area contributed by atoms with Crippen LogP contribution in [0.25, 0.3) is 10.8 Å². The van der Waals surface area contributed by atoms with Crippen molar-refractivity contribution in [2.24, 2.45) is 23.2 Å². The van der Waals surface area contributed by atoms with Crippen molar-refractivity contribution in [3.63, 3.8) is 0 Å². The summed E-state index contributed by atoms with van der Waals surface area (Å²) in [6, 6.07) is 18.7. The molecule has 0 amide bonds. The topological polar surface area (TPSA) is 89.5 Å². The van der Waals surface area contributed by atoms with Crippen molar-refractivity contribution >= 4 is 32.5 Å². The highest BCUT2D eigenvalue weighted by Crippen LogP contribution is 2.61. The molecule has 3 aromatic carbocycles. The Labute approximate surface area is 223 Å². The third-order valence-corrected chi connectivity index (χ3v) is 10.7. The Hall–Kier alpha value is -3.03. The third kappa shape index (κ3) is 4.78. The van der Waals surface area contributed by atoms with Crippen LogP contribution in [0.5, 0.6) is 0 Å². The number of carbonyl (C=O) groups excluding carboxylic acids is 2. The van der Waals surface area contributed by atoms with Crippen LogP contribution < -0.4 is 4.72 Å². The zero-order valence-corrected chi connectivity index (χ0v) is 22.4. The normalized spacial score (nSPS) is 26.8. The van der Waals surface area contributed by atoms with Crippen molar-refractivity contribution in [3.05, 3.63) is 77.9 Å². The van der Waals surface area contributed by atoms with Gasteiger partial charge in [-0.3, -0.25) is 4.79 Å². The molecule has 6 nitrogen and oxygen atoms in total. The van der Waals surface area contributed by atoms with E-state index < -0.39 is 22.6 Å². The maximum atomic E-state index is 13.4. The Morgan fingerprint density at radius 2 is 1.53 bits per heavy atom. The first kappa shape index (κ1) is 25.3. The molecular formula is C31H33NO5S.